The van der Waals surface area contributed by atoms with Gasteiger partial charge >= 0.3 is 0 Å². The molecule has 0 aromatic heterocycles. The van der Waals surface area contributed by atoms with E-state index in [1.54, 1.807) is 0 Å². The summed E-state index contributed by atoms with van der Waals surface area (Å²) in [5.41, 5.74) is 2.97. The third-order valence-corrected chi connectivity index (χ3v) is 3.57. The monoisotopic (exact) mass is 233 g/mol. The molecule has 96 valence electrons. The van der Waals surface area contributed by atoms with Gasteiger partial charge in [0.25, 0.3) is 0 Å². The highest BCUT2D eigenvalue weighted by Gasteiger charge is 2.18. The first kappa shape index (κ1) is 14.2. The van der Waals surface area contributed by atoms with Gasteiger partial charge in [-0.25, -0.2) is 0 Å². The molecule has 0 amide bonds. The molecule has 2 atom stereocenters. The van der Waals surface area contributed by atoms with Gasteiger partial charge in [0.05, 0.1) is 0 Å². The summed E-state index contributed by atoms with van der Waals surface area (Å²) in [6.07, 6.45) is 2.36. The predicted molar refractivity (Wildman–Crippen MR) is 76.6 cm³/mol. The zero-order valence-electron chi connectivity index (χ0n) is 12.0. The van der Waals surface area contributed by atoms with Gasteiger partial charge in [-0.15, -0.1) is 0 Å². The van der Waals surface area contributed by atoms with E-state index in [1.165, 1.54) is 17.5 Å². The van der Waals surface area contributed by atoms with Crippen molar-refractivity contribution in [2.24, 2.45) is 5.92 Å². The second kappa shape index (κ2) is 6.80. The fourth-order valence-corrected chi connectivity index (χ4v) is 2.71. The number of aryl methyl sites for hydroxylation is 1. The topological polar surface area (TPSA) is 3.24 Å². The Hall–Kier alpha value is -0.820. The van der Waals surface area contributed by atoms with Gasteiger partial charge in [-0.2, -0.15) is 0 Å². The quantitative estimate of drug-likeness (QED) is 0.719. The SMILES string of the molecule is CCc1cccc([C@@H](CC)C(C)CN(C)C)c1. The van der Waals surface area contributed by atoms with Crippen LogP contribution >= 0.6 is 0 Å². The molecule has 0 aliphatic heterocycles. The maximum Gasteiger partial charge on any atom is 0.000676 e. The first-order valence-electron chi connectivity index (χ1n) is 6.82. The molecule has 0 fully saturated rings. The molecule has 1 nitrogen and oxygen atoms in total. The molecular weight excluding hydrogens is 206 g/mol. The standard InChI is InChI=1S/C16H27N/c1-6-14-9-8-10-15(11-14)16(7-2)13(3)12-17(4)5/h8-11,13,16H,6-7,12H2,1-5H3/t13?,16-/m0/s1. The van der Waals surface area contributed by atoms with Crippen LogP contribution < -0.4 is 0 Å². The molecule has 1 heteroatoms. The van der Waals surface area contributed by atoms with Crippen molar-refractivity contribution in [1.82, 2.24) is 4.90 Å². The van der Waals surface area contributed by atoms with Gasteiger partial charge in [-0.3, -0.25) is 0 Å². The van der Waals surface area contributed by atoms with Gasteiger partial charge in [-0.1, -0.05) is 45.0 Å². The molecule has 0 aliphatic rings. The Morgan fingerprint density at radius 3 is 2.41 bits per heavy atom. The molecule has 0 bridgehead atoms. The van der Waals surface area contributed by atoms with E-state index in [9.17, 15) is 0 Å². The largest absolute Gasteiger partial charge is 0.309 e. The lowest BCUT2D eigenvalue weighted by Crippen LogP contribution is -2.24. The first-order chi connectivity index (χ1) is 8.08. The molecule has 1 unspecified atom stereocenters. The van der Waals surface area contributed by atoms with Gasteiger partial charge < -0.3 is 4.90 Å². The molecule has 17 heavy (non-hydrogen) atoms. The van der Waals surface area contributed by atoms with Crippen LogP contribution in [-0.4, -0.2) is 25.5 Å². The van der Waals surface area contributed by atoms with Crippen LogP contribution in [0.1, 0.15) is 44.2 Å². The molecule has 0 radical (unpaired) electrons. The number of hydrogen-bond acceptors (Lipinski definition) is 1. The van der Waals surface area contributed by atoms with Gasteiger partial charge in [0, 0.05) is 6.54 Å². The van der Waals surface area contributed by atoms with Crippen LogP contribution in [0, 0.1) is 5.92 Å². The van der Waals surface area contributed by atoms with E-state index >= 15 is 0 Å². The van der Waals surface area contributed by atoms with Crippen LogP contribution in [-0.2, 0) is 6.42 Å². The highest BCUT2D eigenvalue weighted by atomic mass is 15.1. The summed E-state index contributed by atoms with van der Waals surface area (Å²) in [7, 11) is 4.32. The lowest BCUT2D eigenvalue weighted by Gasteiger charge is -2.26. The second-order valence-electron chi connectivity index (χ2n) is 5.35. The number of benzene rings is 1. The fraction of sp³-hybridized carbons (Fsp3) is 0.625. The molecule has 1 aromatic carbocycles. The minimum absolute atomic E-state index is 0.684. The van der Waals surface area contributed by atoms with Crippen molar-refractivity contribution in [3.05, 3.63) is 35.4 Å². The van der Waals surface area contributed by atoms with Crippen molar-refractivity contribution in [2.75, 3.05) is 20.6 Å². The molecule has 0 heterocycles. The Morgan fingerprint density at radius 2 is 1.88 bits per heavy atom. The number of nitrogens with zero attached hydrogens (tertiary/aromatic N) is 1. The summed E-state index contributed by atoms with van der Waals surface area (Å²) in [6, 6.07) is 9.12. The fourth-order valence-electron chi connectivity index (χ4n) is 2.71. The average molecular weight is 233 g/mol. The Balaban J connectivity index is 2.84. The van der Waals surface area contributed by atoms with Crippen LogP contribution in [0.15, 0.2) is 24.3 Å². The summed E-state index contributed by atoms with van der Waals surface area (Å²) in [5.74, 6) is 1.39. The van der Waals surface area contributed by atoms with Crippen LogP contribution in [0.4, 0.5) is 0 Å². The third-order valence-electron chi connectivity index (χ3n) is 3.57. The van der Waals surface area contributed by atoms with E-state index in [4.69, 9.17) is 0 Å². The van der Waals surface area contributed by atoms with E-state index in [1.807, 2.05) is 0 Å². The Kier molecular flexibility index (Phi) is 5.70. The Bertz CT molecular complexity index is 330. The van der Waals surface area contributed by atoms with Crippen molar-refractivity contribution in [3.8, 4) is 0 Å². The minimum Gasteiger partial charge on any atom is -0.309 e. The minimum atomic E-state index is 0.684. The molecule has 0 spiro atoms. The van der Waals surface area contributed by atoms with Gasteiger partial charge in [0.1, 0.15) is 0 Å². The first-order valence-corrected chi connectivity index (χ1v) is 6.82. The van der Waals surface area contributed by atoms with Crippen LogP contribution in [0.3, 0.4) is 0 Å². The van der Waals surface area contributed by atoms with Crippen LogP contribution in [0.25, 0.3) is 0 Å². The van der Waals surface area contributed by atoms with Crippen LogP contribution in [0.5, 0.6) is 0 Å². The number of hydrogen-bond donors (Lipinski definition) is 0. The maximum atomic E-state index is 2.39. The van der Waals surface area contributed by atoms with Crippen LogP contribution in [0.2, 0.25) is 0 Å². The lowest BCUT2D eigenvalue weighted by atomic mass is 9.84. The lowest BCUT2D eigenvalue weighted by molar-refractivity contribution is 0.301. The third kappa shape index (κ3) is 4.16. The molecule has 1 aromatic rings. The molecular formula is C16H27N. The highest BCUT2D eigenvalue weighted by Crippen LogP contribution is 2.28. The van der Waals surface area contributed by atoms with E-state index < -0.39 is 0 Å². The van der Waals surface area contributed by atoms with Crippen molar-refractivity contribution in [3.63, 3.8) is 0 Å². The zero-order chi connectivity index (χ0) is 12.8. The highest BCUT2D eigenvalue weighted by molar-refractivity contribution is 5.27. The summed E-state index contributed by atoms with van der Waals surface area (Å²) < 4.78 is 0. The average Bonchev–Trinajstić information content (AvgIpc) is 2.29. The summed E-state index contributed by atoms with van der Waals surface area (Å²) in [4.78, 5) is 2.29. The normalized spacial score (nSPS) is 14.9. The molecule has 0 aliphatic carbocycles. The number of rotatable bonds is 6. The van der Waals surface area contributed by atoms with E-state index in [2.05, 4.69) is 64.0 Å². The second-order valence-corrected chi connectivity index (χ2v) is 5.35. The molecule has 0 saturated heterocycles. The predicted octanol–water partition coefficient (Wildman–Crippen LogP) is 3.94. The smallest absolute Gasteiger partial charge is 0.000676 e. The maximum absolute atomic E-state index is 2.39. The van der Waals surface area contributed by atoms with Crippen molar-refractivity contribution in [2.45, 2.75) is 39.5 Å². The van der Waals surface area contributed by atoms with E-state index in [-0.39, 0.29) is 0 Å². The van der Waals surface area contributed by atoms with Gasteiger partial charge in [0.15, 0.2) is 0 Å². The van der Waals surface area contributed by atoms with Crippen molar-refractivity contribution >= 4 is 0 Å². The summed E-state index contributed by atoms with van der Waals surface area (Å²) in [6.45, 7) is 8.06. The van der Waals surface area contributed by atoms with Gasteiger partial charge in [0.2, 0.25) is 0 Å². The molecule has 0 saturated carbocycles. The van der Waals surface area contributed by atoms with Gasteiger partial charge in [-0.05, 0) is 49.9 Å². The Labute approximate surface area is 107 Å². The van der Waals surface area contributed by atoms with E-state index in [0.717, 1.165) is 13.0 Å². The van der Waals surface area contributed by atoms with Crippen molar-refractivity contribution in [1.29, 1.82) is 0 Å². The van der Waals surface area contributed by atoms with Crippen molar-refractivity contribution < 1.29 is 0 Å². The zero-order valence-corrected chi connectivity index (χ0v) is 12.0. The summed E-state index contributed by atoms with van der Waals surface area (Å²) in [5, 5.41) is 0. The molecule has 1 rings (SSSR count). The molecule has 0 N–H and O–H groups in total. The van der Waals surface area contributed by atoms with E-state index in [0.29, 0.717) is 11.8 Å². The Morgan fingerprint density at radius 1 is 1.18 bits per heavy atom. The summed E-state index contributed by atoms with van der Waals surface area (Å²) >= 11 is 0.